The van der Waals surface area contributed by atoms with Crippen molar-refractivity contribution in [2.75, 3.05) is 19.6 Å². The molecule has 1 aliphatic heterocycles. The van der Waals surface area contributed by atoms with Crippen molar-refractivity contribution < 1.29 is 4.79 Å². The molecule has 0 aromatic carbocycles. The largest absolute Gasteiger partial charge is 0.341 e. The molecular formula is C15H26N2O. The number of nitrogens with one attached hydrogen (secondary N) is 1. The zero-order valence-electron chi connectivity index (χ0n) is 11.6. The van der Waals surface area contributed by atoms with Crippen LogP contribution >= 0.6 is 0 Å². The molecule has 2 rings (SSSR count). The van der Waals surface area contributed by atoms with Gasteiger partial charge in [0.05, 0.1) is 6.04 Å². The van der Waals surface area contributed by atoms with Crippen LogP contribution < -0.4 is 5.32 Å². The van der Waals surface area contributed by atoms with Gasteiger partial charge in [-0.2, -0.15) is 0 Å². The molecule has 1 atom stereocenters. The molecule has 0 radical (unpaired) electrons. The molecule has 3 nitrogen and oxygen atoms in total. The van der Waals surface area contributed by atoms with Crippen molar-refractivity contribution in [2.24, 2.45) is 0 Å². The van der Waals surface area contributed by atoms with Gasteiger partial charge < -0.3 is 10.2 Å². The third-order valence-electron chi connectivity index (χ3n) is 4.03. The molecule has 1 fully saturated rings. The molecule has 18 heavy (non-hydrogen) atoms. The quantitative estimate of drug-likeness (QED) is 0.735. The maximum Gasteiger partial charge on any atom is 0.239 e. The maximum atomic E-state index is 12.1. The van der Waals surface area contributed by atoms with Crippen LogP contribution in [0.3, 0.4) is 0 Å². The highest BCUT2D eigenvalue weighted by atomic mass is 16.2. The van der Waals surface area contributed by atoms with E-state index in [0.717, 1.165) is 38.9 Å². The first-order valence-corrected chi connectivity index (χ1v) is 7.51. The first-order chi connectivity index (χ1) is 8.81. The molecule has 1 saturated heterocycles. The van der Waals surface area contributed by atoms with E-state index >= 15 is 0 Å². The van der Waals surface area contributed by atoms with Crippen molar-refractivity contribution in [3.63, 3.8) is 0 Å². The average molecular weight is 250 g/mol. The zero-order chi connectivity index (χ0) is 12.8. The number of hydrogen-bond donors (Lipinski definition) is 1. The number of likely N-dealkylation sites (tertiary alicyclic amines) is 1. The monoisotopic (exact) mass is 250 g/mol. The predicted molar refractivity (Wildman–Crippen MR) is 74.4 cm³/mol. The Hall–Kier alpha value is -0.830. The molecule has 1 aliphatic carbocycles. The third-order valence-corrected chi connectivity index (χ3v) is 4.03. The normalized spacial score (nSPS) is 24.5. The molecule has 3 heteroatoms. The average Bonchev–Trinajstić information content (AvgIpc) is 2.76. The molecule has 0 aromatic heterocycles. The first-order valence-electron chi connectivity index (χ1n) is 7.51. The lowest BCUT2D eigenvalue weighted by Gasteiger charge is -2.19. The van der Waals surface area contributed by atoms with E-state index in [1.807, 2.05) is 4.90 Å². The number of rotatable bonds is 6. The van der Waals surface area contributed by atoms with E-state index in [1.165, 1.54) is 25.7 Å². The van der Waals surface area contributed by atoms with E-state index in [9.17, 15) is 4.79 Å². The highest BCUT2D eigenvalue weighted by Crippen LogP contribution is 2.21. The minimum Gasteiger partial charge on any atom is -0.341 e. The Labute approximate surface area is 111 Å². The summed E-state index contributed by atoms with van der Waals surface area (Å²) in [6, 6.07) is 0.0882. The minimum absolute atomic E-state index is 0.0882. The first kappa shape index (κ1) is 13.6. The van der Waals surface area contributed by atoms with Gasteiger partial charge in [-0.1, -0.05) is 18.6 Å². The van der Waals surface area contributed by atoms with Crippen LogP contribution in [0.1, 0.15) is 51.9 Å². The summed E-state index contributed by atoms with van der Waals surface area (Å²) in [5, 5.41) is 3.34. The summed E-state index contributed by atoms with van der Waals surface area (Å²) in [5.41, 5.74) is 1.57. The highest BCUT2D eigenvalue weighted by Gasteiger charge is 2.30. The Bertz CT molecular complexity index is 312. The fraction of sp³-hybridized carbons (Fsp3) is 0.800. The number of amides is 1. The van der Waals surface area contributed by atoms with Crippen LogP contribution in [0.15, 0.2) is 11.6 Å². The minimum atomic E-state index is 0.0882. The number of allylic oxidation sites excluding steroid dienone is 1. The Balaban J connectivity index is 1.73. The van der Waals surface area contributed by atoms with Crippen molar-refractivity contribution in [3.8, 4) is 0 Å². The van der Waals surface area contributed by atoms with Gasteiger partial charge in [0.25, 0.3) is 0 Å². The van der Waals surface area contributed by atoms with Crippen LogP contribution in [0.4, 0.5) is 0 Å². The van der Waals surface area contributed by atoms with Crippen molar-refractivity contribution in [1.29, 1.82) is 0 Å². The second-order valence-electron chi connectivity index (χ2n) is 5.48. The molecule has 0 spiro atoms. The standard InChI is InChI=1S/C15H26N2O/c1-2-10-16-14-9-12-17(15(14)18)11-8-13-6-4-3-5-7-13/h6,14,16H,2-5,7-12H2,1H3. The number of carbonyl (C=O) groups excluding carboxylic acids is 1. The molecule has 0 bridgehead atoms. The lowest BCUT2D eigenvalue weighted by molar-refractivity contribution is -0.129. The Kier molecular flexibility index (Phi) is 5.24. The van der Waals surface area contributed by atoms with Crippen LogP contribution in [-0.2, 0) is 4.79 Å². The molecule has 102 valence electrons. The topological polar surface area (TPSA) is 32.3 Å². The lowest BCUT2D eigenvalue weighted by atomic mass is 9.97. The third kappa shape index (κ3) is 3.58. The smallest absolute Gasteiger partial charge is 0.239 e. The van der Waals surface area contributed by atoms with Crippen molar-refractivity contribution in [2.45, 2.75) is 57.9 Å². The Morgan fingerprint density at radius 1 is 1.44 bits per heavy atom. The van der Waals surface area contributed by atoms with Crippen LogP contribution in [0.5, 0.6) is 0 Å². The van der Waals surface area contributed by atoms with E-state index in [2.05, 4.69) is 18.3 Å². The molecule has 1 heterocycles. The van der Waals surface area contributed by atoms with E-state index in [1.54, 1.807) is 5.57 Å². The van der Waals surface area contributed by atoms with Gasteiger partial charge in [0.15, 0.2) is 0 Å². The van der Waals surface area contributed by atoms with Crippen molar-refractivity contribution >= 4 is 5.91 Å². The highest BCUT2D eigenvalue weighted by molar-refractivity contribution is 5.83. The van der Waals surface area contributed by atoms with E-state index in [4.69, 9.17) is 0 Å². The lowest BCUT2D eigenvalue weighted by Crippen LogP contribution is -2.38. The van der Waals surface area contributed by atoms with Gasteiger partial charge in [0, 0.05) is 13.1 Å². The summed E-state index contributed by atoms with van der Waals surface area (Å²) in [6.45, 7) is 4.96. The summed E-state index contributed by atoms with van der Waals surface area (Å²) >= 11 is 0. The molecule has 0 saturated carbocycles. The van der Waals surface area contributed by atoms with Crippen molar-refractivity contribution in [1.82, 2.24) is 10.2 Å². The van der Waals surface area contributed by atoms with Gasteiger partial charge >= 0.3 is 0 Å². The van der Waals surface area contributed by atoms with Gasteiger partial charge in [-0.3, -0.25) is 4.79 Å². The molecule has 1 N–H and O–H groups in total. The summed E-state index contributed by atoms with van der Waals surface area (Å²) in [5.74, 6) is 0.319. The number of nitrogens with zero attached hydrogens (tertiary/aromatic N) is 1. The fourth-order valence-electron chi connectivity index (χ4n) is 2.88. The van der Waals surface area contributed by atoms with Crippen LogP contribution in [0.2, 0.25) is 0 Å². The van der Waals surface area contributed by atoms with Gasteiger partial charge in [-0.25, -0.2) is 0 Å². The number of carbonyl (C=O) groups is 1. The molecule has 2 aliphatic rings. The zero-order valence-corrected chi connectivity index (χ0v) is 11.6. The molecule has 1 unspecified atom stereocenters. The van der Waals surface area contributed by atoms with Crippen LogP contribution in [-0.4, -0.2) is 36.5 Å². The van der Waals surface area contributed by atoms with E-state index in [0.29, 0.717) is 5.91 Å². The van der Waals surface area contributed by atoms with E-state index in [-0.39, 0.29) is 6.04 Å². The fourth-order valence-corrected chi connectivity index (χ4v) is 2.88. The van der Waals surface area contributed by atoms with Gasteiger partial charge in [-0.05, 0) is 51.5 Å². The van der Waals surface area contributed by atoms with Gasteiger partial charge in [0.2, 0.25) is 5.91 Å². The summed E-state index contributed by atoms with van der Waals surface area (Å²) in [4.78, 5) is 14.2. The van der Waals surface area contributed by atoms with Crippen LogP contribution in [0, 0.1) is 0 Å². The summed E-state index contributed by atoms with van der Waals surface area (Å²) in [7, 11) is 0. The second kappa shape index (κ2) is 6.93. The SMILES string of the molecule is CCCNC1CCN(CCC2=CCCCC2)C1=O. The van der Waals surface area contributed by atoms with E-state index < -0.39 is 0 Å². The van der Waals surface area contributed by atoms with Gasteiger partial charge in [-0.15, -0.1) is 0 Å². The predicted octanol–water partition coefficient (Wildman–Crippen LogP) is 2.48. The molecular weight excluding hydrogens is 224 g/mol. The molecule has 1 amide bonds. The maximum absolute atomic E-state index is 12.1. The van der Waals surface area contributed by atoms with Gasteiger partial charge in [0.1, 0.15) is 0 Å². The Morgan fingerprint density at radius 2 is 2.33 bits per heavy atom. The van der Waals surface area contributed by atoms with Crippen LogP contribution in [0.25, 0.3) is 0 Å². The number of hydrogen-bond acceptors (Lipinski definition) is 2. The Morgan fingerprint density at radius 3 is 3.06 bits per heavy atom. The van der Waals surface area contributed by atoms with Crippen molar-refractivity contribution in [3.05, 3.63) is 11.6 Å². The second-order valence-corrected chi connectivity index (χ2v) is 5.48. The molecule has 0 aromatic rings. The summed E-state index contributed by atoms with van der Waals surface area (Å²) in [6.07, 6.45) is 10.7. The summed E-state index contributed by atoms with van der Waals surface area (Å²) < 4.78 is 0.